The summed E-state index contributed by atoms with van der Waals surface area (Å²) in [5.74, 6) is -0.595. The third-order valence-corrected chi connectivity index (χ3v) is 5.44. The molecule has 0 atom stereocenters. The second kappa shape index (κ2) is 4.39. The number of likely N-dealkylation sites (N-methyl/N-ethyl adjacent to an activating group) is 1. The molecule has 1 fully saturated rings. The molecule has 19 heavy (non-hydrogen) atoms. The molecule has 0 spiro atoms. The number of carbonyl (C=O) groups excluding carboxylic acids is 1. The molecule has 0 aromatic carbocycles. The van der Waals surface area contributed by atoms with Gasteiger partial charge >= 0.3 is 12.0 Å². The van der Waals surface area contributed by atoms with E-state index in [2.05, 4.69) is 33.0 Å². The number of hydrogen-bond acceptors (Lipinski definition) is 2. The molecule has 5 heteroatoms. The maximum atomic E-state index is 12.0. The Bertz CT molecular complexity index is 385. The van der Waals surface area contributed by atoms with Gasteiger partial charge in [-0.25, -0.2) is 9.59 Å². The smallest absolute Gasteiger partial charge is 0.329 e. The minimum absolute atomic E-state index is 0.209. The van der Waals surface area contributed by atoms with Gasteiger partial charge in [-0.1, -0.05) is 27.7 Å². The van der Waals surface area contributed by atoms with Gasteiger partial charge in [-0.3, -0.25) is 0 Å². The second-order valence-electron chi connectivity index (χ2n) is 7.11. The number of urea groups is 1. The number of rotatable bonds is 4. The molecule has 0 aromatic rings. The molecule has 0 aromatic heterocycles. The Balaban J connectivity index is 2.57. The van der Waals surface area contributed by atoms with Crippen LogP contribution in [-0.4, -0.2) is 41.1 Å². The van der Waals surface area contributed by atoms with Gasteiger partial charge in [0.05, 0.1) is 0 Å². The van der Waals surface area contributed by atoms with Crippen LogP contribution in [0.15, 0.2) is 0 Å². The zero-order valence-corrected chi connectivity index (χ0v) is 13.0. The molecule has 2 N–H and O–H groups in total. The van der Waals surface area contributed by atoms with Gasteiger partial charge in [-0.05, 0) is 30.6 Å². The van der Waals surface area contributed by atoms with E-state index in [-0.39, 0.29) is 16.9 Å². The van der Waals surface area contributed by atoms with Crippen molar-refractivity contribution in [3.8, 4) is 0 Å². The molecule has 1 rings (SSSR count). The molecule has 5 nitrogen and oxygen atoms in total. The van der Waals surface area contributed by atoms with Crippen molar-refractivity contribution in [2.45, 2.75) is 47.1 Å². The number of nitrogens with zero attached hydrogens (tertiary/aromatic N) is 1. The molecule has 0 aliphatic heterocycles. The Kier molecular flexibility index (Phi) is 3.65. The minimum atomic E-state index is -1.21. The summed E-state index contributed by atoms with van der Waals surface area (Å²) in [4.78, 5) is 24.3. The summed E-state index contributed by atoms with van der Waals surface area (Å²) >= 11 is 0. The van der Waals surface area contributed by atoms with E-state index < -0.39 is 11.5 Å². The fourth-order valence-electron chi connectivity index (χ4n) is 2.55. The van der Waals surface area contributed by atoms with Crippen molar-refractivity contribution >= 4 is 12.0 Å². The summed E-state index contributed by atoms with van der Waals surface area (Å²) in [7, 11) is 1.51. The van der Waals surface area contributed by atoms with Crippen molar-refractivity contribution < 1.29 is 14.7 Å². The number of carbonyl (C=O) groups is 2. The molecule has 1 saturated carbocycles. The van der Waals surface area contributed by atoms with Crippen LogP contribution in [0.25, 0.3) is 0 Å². The highest BCUT2D eigenvalue weighted by Gasteiger charge is 2.64. The highest BCUT2D eigenvalue weighted by molar-refractivity contribution is 5.85. The van der Waals surface area contributed by atoms with Crippen LogP contribution in [0.4, 0.5) is 4.79 Å². The van der Waals surface area contributed by atoms with Gasteiger partial charge in [0.1, 0.15) is 5.54 Å². The number of aliphatic carboxylic acids is 1. The first-order valence-corrected chi connectivity index (χ1v) is 6.62. The Hall–Kier alpha value is -1.26. The van der Waals surface area contributed by atoms with E-state index in [1.54, 1.807) is 0 Å². The predicted molar refractivity (Wildman–Crippen MR) is 73.9 cm³/mol. The first-order chi connectivity index (χ1) is 8.36. The second-order valence-corrected chi connectivity index (χ2v) is 7.11. The summed E-state index contributed by atoms with van der Waals surface area (Å²) in [5, 5.41) is 11.9. The van der Waals surface area contributed by atoms with Gasteiger partial charge in [-0.15, -0.1) is 0 Å². The Morgan fingerprint density at radius 1 is 1.21 bits per heavy atom. The van der Waals surface area contributed by atoms with Crippen molar-refractivity contribution in [3.63, 3.8) is 0 Å². The van der Waals surface area contributed by atoms with Crippen molar-refractivity contribution in [2.75, 3.05) is 13.6 Å². The largest absolute Gasteiger partial charge is 0.480 e. The van der Waals surface area contributed by atoms with Gasteiger partial charge in [-0.2, -0.15) is 0 Å². The lowest BCUT2D eigenvalue weighted by Gasteiger charge is -2.31. The van der Waals surface area contributed by atoms with Crippen molar-refractivity contribution in [1.29, 1.82) is 0 Å². The first-order valence-electron chi connectivity index (χ1n) is 6.62. The lowest BCUT2D eigenvalue weighted by molar-refractivity contribution is -0.146. The summed E-state index contributed by atoms with van der Waals surface area (Å²) in [5.41, 5.74) is -0.791. The summed E-state index contributed by atoms with van der Waals surface area (Å²) in [6.45, 7) is 12.4. The van der Waals surface area contributed by atoms with Crippen LogP contribution >= 0.6 is 0 Å². The maximum Gasteiger partial charge on any atom is 0.329 e. The van der Waals surface area contributed by atoms with E-state index in [9.17, 15) is 9.59 Å². The van der Waals surface area contributed by atoms with Crippen LogP contribution in [0.1, 0.15) is 41.5 Å². The maximum absolute atomic E-state index is 12.0. The predicted octanol–water partition coefficient (Wildman–Crippen LogP) is 2.17. The molecule has 0 unspecified atom stereocenters. The molecule has 0 bridgehead atoms. The van der Waals surface area contributed by atoms with E-state index >= 15 is 0 Å². The molecule has 0 heterocycles. The van der Waals surface area contributed by atoms with Gasteiger partial charge in [0.15, 0.2) is 0 Å². The third kappa shape index (κ3) is 2.42. The molecular weight excluding hydrogens is 244 g/mol. The minimum Gasteiger partial charge on any atom is -0.480 e. The quantitative estimate of drug-likeness (QED) is 0.822. The van der Waals surface area contributed by atoms with Crippen LogP contribution in [0.5, 0.6) is 0 Å². The Morgan fingerprint density at radius 3 is 1.95 bits per heavy atom. The average Bonchev–Trinajstić information content (AvgIpc) is 2.65. The van der Waals surface area contributed by atoms with Crippen molar-refractivity contribution in [2.24, 2.45) is 16.7 Å². The van der Waals surface area contributed by atoms with Gasteiger partial charge in [0.2, 0.25) is 0 Å². The highest BCUT2D eigenvalue weighted by Crippen LogP contribution is 2.67. The standard InChI is InChI=1S/C14H26N2O3/c1-12(2)9(13(12,3)4)8-15-11(19)16(7)14(5,6)10(17)18/h9H,8H2,1-7H3,(H,15,19)(H,17,18). The number of amides is 2. The molecule has 0 saturated heterocycles. The van der Waals surface area contributed by atoms with Gasteiger partial charge in [0.25, 0.3) is 0 Å². The molecule has 0 radical (unpaired) electrons. The van der Waals surface area contributed by atoms with Crippen LogP contribution in [0.2, 0.25) is 0 Å². The van der Waals surface area contributed by atoms with Crippen LogP contribution in [-0.2, 0) is 4.79 Å². The normalized spacial score (nSPS) is 20.8. The molecule has 1 aliphatic rings. The fourth-order valence-corrected chi connectivity index (χ4v) is 2.55. The van der Waals surface area contributed by atoms with E-state index in [0.29, 0.717) is 12.5 Å². The van der Waals surface area contributed by atoms with Crippen LogP contribution in [0.3, 0.4) is 0 Å². The zero-order chi connectivity index (χ0) is 15.2. The number of nitrogens with one attached hydrogen (secondary N) is 1. The summed E-state index contributed by atoms with van der Waals surface area (Å²) < 4.78 is 0. The molecular formula is C14H26N2O3. The van der Waals surface area contributed by atoms with E-state index in [1.807, 2.05) is 0 Å². The highest BCUT2D eigenvalue weighted by atomic mass is 16.4. The van der Waals surface area contributed by atoms with Crippen molar-refractivity contribution in [1.82, 2.24) is 10.2 Å². The first kappa shape index (κ1) is 15.8. The van der Waals surface area contributed by atoms with E-state index in [1.165, 1.54) is 25.8 Å². The lowest BCUT2D eigenvalue weighted by atomic mass is 10.0. The SMILES string of the molecule is CN(C(=O)NCC1C(C)(C)C1(C)C)C(C)(C)C(=O)O. The van der Waals surface area contributed by atoms with Gasteiger partial charge in [0, 0.05) is 13.6 Å². The Morgan fingerprint density at radius 2 is 1.63 bits per heavy atom. The molecule has 110 valence electrons. The van der Waals surface area contributed by atoms with E-state index in [4.69, 9.17) is 5.11 Å². The zero-order valence-electron chi connectivity index (χ0n) is 13.0. The number of carboxylic acids is 1. The van der Waals surface area contributed by atoms with Crippen molar-refractivity contribution in [3.05, 3.63) is 0 Å². The summed E-state index contributed by atoms with van der Waals surface area (Å²) in [6, 6.07) is -0.342. The van der Waals surface area contributed by atoms with E-state index in [0.717, 1.165) is 0 Å². The monoisotopic (exact) mass is 270 g/mol. The van der Waals surface area contributed by atoms with Crippen LogP contribution in [0, 0.1) is 16.7 Å². The molecule has 2 amide bonds. The Labute approximate surface area is 115 Å². The topological polar surface area (TPSA) is 69.6 Å². The van der Waals surface area contributed by atoms with Gasteiger partial charge < -0.3 is 15.3 Å². The molecule has 1 aliphatic carbocycles. The van der Waals surface area contributed by atoms with Crippen LogP contribution < -0.4 is 5.32 Å². The lowest BCUT2D eigenvalue weighted by Crippen LogP contribution is -2.54. The summed E-state index contributed by atoms with van der Waals surface area (Å²) in [6.07, 6.45) is 0. The third-order valence-electron chi connectivity index (χ3n) is 5.44. The average molecular weight is 270 g/mol. The fraction of sp³-hybridized carbons (Fsp3) is 0.857. The number of hydrogen-bond donors (Lipinski definition) is 2. The number of carboxylic acid groups (broad SMARTS) is 1.